The van der Waals surface area contributed by atoms with Crippen molar-refractivity contribution in [1.82, 2.24) is 15.0 Å². The number of anilines is 3. The van der Waals surface area contributed by atoms with Gasteiger partial charge in [-0.15, -0.1) is 0 Å². The van der Waals surface area contributed by atoms with Crippen LogP contribution in [0.25, 0.3) is 0 Å². The number of hydrogen-bond donors (Lipinski definition) is 2. The molecule has 0 saturated carbocycles. The van der Waals surface area contributed by atoms with Crippen LogP contribution >= 0.6 is 0 Å². The van der Waals surface area contributed by atoms with E-state index >= 15 is 0 Å². The zero-order valence-electron chi connectivity index (χ0n) is 15.1. The summed E-state index contributed by atoms with van der Waals surface area (Å²) in [4.78, 5) is 24.4. The predicted octanol–water partition coefficient (Wildman–Crippen LogP) is 2.71. The minimum atomic E-state index is -0.583. The van der Waals surface area contributed by atoms with Crippen molar-refractivity contribution in [1.29, 1.82) is 0 Å². The third-order valence-corrected chi connectivity index (χ3v) is 3.73. The topological polar surface area (TPSA) is 129 Å². The van der Waals surface area contributed by atoms with Gasteiger partial charge in [-0.3, -0.25) is 0 Å². The molecular weight excluding hydrogens is 360 g/mol. The van der Waals surface area contributed by atoms with E-state index in [0.717, 1.165) is 11.3 Å². The fraction of sp³-hybridized carbons (Fsp3) is 0.105. The molecule has 3 N–H and O–H groups in total. The van der Waals surface area contributed by atoms with Gasteiger partial charge < -0.3 is 21.0 Å². The van der Waals surface area contributed by atoms with Gasteiger partial charge in [0.05, 0.1) is 5.56 Å². The Labute approximate surface area is 161 Å². The molecule has 0 aliphatic rings. The van der Waals surface area contributed by atoms with Crippen molar-refractivity contribution in [3.63, 3.8) is 0 Å². The molecule has 0 fully saturated rings. The number of aryl methyl sites for hydroxylation is 1. The number of esters is 1. The van der Waals surface area contributed by atoms with Crippen molar-refractivity contribution in [3.05, 3.63) is 70.7 Å². The smallest absolute Gasteiger partial charge is 0.338 e. The number of hydrogen-bond acceptors (Lipinski definition) is 8. The number of benzene rings is 2. The SMILES string of the molecule is C=[N+]([O-])c1ccc(C(=O)OCc2nc(N)nc(Nc3ccc(C)cc3)n2)cc1. The van der Waals surface area contributed by atoms with Gasteiger partial charge >= 0.3 is 5.97 Å². The molecule has 9 nitrogen and oxygen atoms in total. The van der Waals surface area contributed by atoms with Gasteiger partial charge in [-0.25, -0.2) is 4.79 Å². The van der Waals surface area contributed by atoms with Crippen LogP contribution in [0.15, 0.2) is 48.5 Å². The molecule has 0 unspecified atom stereocenters. The summed E-state index contributed by atoms with van der Waals surface area (Å²) in [7, 11) is 0. The number of rotatable bonds is 6. The van der Waals surface area contributed by atoms with Crippen molar-refractivity contribution >= 4 is 36.0 Å². The first-order valence-electron chi connectivity index (χ1n) is 8.30. The number of ether oxygens (including phenoxy) is 1. The normalized spacial score (nSPS) is 10.3. The first-order valence-corrected chi connectivity index (χ1v) is 8.30. The fourth-order valence-electron chi connectivity index (χ4n) is 2.30. The van der Waals surface area contributed by atoms with E-state index in [2.05, 4.69) is 27.0 Å². The zero-order valence-corrected chi connectivity index (χ0v) is 15.1. The zero-order chi connectivity index (χ0) is 20.1. The van der Waals surface area contributed by atoms with Gasteiger partial charge in [-0.05, 0) is 31.2 Å². The van der Waals surface area contributed by atoms with Crippen LogP contribution in [0.3, 0.4) is 0 Å². The monoisotopic (exact) mass is 378 g/mol. The highest BCUT2D eigenvalue weighted by atomic mass is 16.5. The number of carbonyl (C=O) groups excluding carboxylic acids is 1. The summed E-state index contributed by atoms with van der Waals surface area (Å²) in [6, 6.07) is 13.5. The van der Waals surface area contributed by atoms with Crippen molar-refractivity contribution in [2.45, 2.75) is 13.5 Å². The Morgan fingerprint density at radius 2 is 1.82 bits per heavy atom. The molecule has 1 aromatic heterocycles. The molecular formula is C19H18N6O3. The lowest BCUT2D eigenvalue weighted by atomic mass is 10.2. The van der Waals surface area contributed by atoms with Gasteiger partial charge in [-0.2, -0.15) is 19.7 Å². The van der Waals surface area contributed by atoms with E-state index in [4.69, 9.17) is 10.5 Å². The second kappa shape index (κ2) is 8.12. The standard InChI is InChI=1S/C19H18N6O3/c1-12-3-7-14(8-4-12)21-19-23-16(22-18(20)24-19)11-28-17(26)13-5-9-15(10-6-13)25(2)27/h3-10H,2,11H2,1H3,(H3,20,21,22,23,24). The minimum absolute atomic E-state index is 0.00555. The Kier molecular flexibility index (Phi) is 5.45. The molecule has 28 heavy (non-hydrogen) atoms. The molecule has 0 aliphatic heterocycles. The van der Waals surface area contributed by atoms with Gasteiger partial charge in [0.2, 0.25) is 17.6 Å². The summed E-state index contributed by atoms with van der Waals surface area (Å²) >= 11 is 0. The number of carbonyl (C=O) groups is 1. The quantitative estimate of drug-likeness (QED) is 0.220. The summed E-state index contributed by atoms with van der Waals surface area (Å²) in [5, 5.41) is 14.1. The Hall–Kier alpha value is -4.01. The number of aromatic nitrogens is 3. The molecule has 0 spiro atoms. The van der Waals surface area contributed by atoms with E-state index in [0.29, 0.717) is 10.4 Å². The Balaban J connectivity index is 1.66. The fourth-order valence-corrected chi connectivity index (χ4v) is 2.30. The number of nitrogens with two attached hydrogens (primary N) is 1. The lowest BCUT2D eigenvalue weighted by Gasteiger charge is -2.08. The second-order valence-electron chi connectivity index (χ2n) is 5.93. The second-order valence-corrected chi connectivity index (χ2v) is 5.93. The summed E-state index contributed by atoms with van der Waals surface area (Å²) < 4.78 is 5.66. The third kappa shape index (κ3) is 4.79. The molecule has 0 saturated heterocycles. The van der Waals surface area contributed by atoms with E-state index < -0.39 is 5.97 Å². The molecule has 0 amide bonds. The van der Waals surface area contributed by atoms with E-state index in [-0.39, 0.29) is 29.9 Å². The largest absolute Gasteiger partial charge is 0.619 e. The maximum absolute atomic E-state index is 12.1. The maximum Gasteiger partial charge on any atom is 0.338 e. The van der Waals surface area contributed by atoms with Gasteiger partial charge in [0, 0.05) is 17.8 Å². The van der Waals surface area contributed by atoms with Crippen LogP contribution in [0.4, 0.5) is 23.3 Å². The highest BCUT2D eigenvalue weighted by Gasteiger charge is 2.11. The van der Waals surface area contributed by atoms with E-state index in [1.165, 1.54) is 24.3 Å². The van der Waals surface area contributed by atoms with E-state index in [1.807, 2.05) is 31.2 Å². The highest BCUT2D eigenvalue weighted by Crippen LogP contribution is 2.15. The van der Waals surface area contributed by atoms with Gasteiger partial charge in [-0.1, -0.05) is 17.7 Å². The van der Waals surface area contributed by atoms with Crippen molar-refractivity contribution in [3.8, 4) is 0 Å². The molecule has 0 atom stereocenters. The van der Waals surface area contributed by atoms with Crippen LogP contribution in [-0.4, -0.2) is 32.4 Å². The molecule has 9 heteroatoms. The molecule has 2 aromatic carbocycles. The minimum Gasteiger partial charge on any atom is -0.619 e. The summed E-state index contributed by atoms with van der Waals surface area (Å²) in [5.41, 5.74) is 8.24. The van der Waals surface area contributed by atoms with Crippen molar-refractivity contribution < 1.29 is 14.3 Å². The van der Waals surface area contributed by atoms with Crippen molar-refractivity contribution in [2.75, 3.05) is 11.1 Å². The molecule has 1 heterocycles. The van der Waals surface area contributed by atoms with Gasteiger partial charge in [0.15, 0.2) is 12.4 Å². The molecule has 3 aromatic rings. The summed E-state index contributed by atoms with van der Waals surface area (Å²) in [6.07, 6.45) is 0. The van der Waals surface area contributed by atoms with Crippen LogP contribution in [0.5, 0.6) is 0 Å². The third-order valence-electron chi connectivity index (χ3n) is 3.73. The first kappa shape index (κ1) is 18.8. The molecule has 142 valence electrons. The van der Waals surface area contributed by atoms with Crippen LogP contribution in [0.1, 0.15) is 21.7 Å². The van der Waals surface area contributed by atoms with Crippen molar-refractivity contribution in [2.24, 2.45) is 0 Å². The summed E-state index contributed by atoms with van der Waals surface area (Å²) in [5.74, 6) is -0.126. The van der Waals surface area contributed by atoms with E-state index in [1.54, 1.807) is 0 Å². The molecule has 0 bridgehead atoms. The lowest BCUT2D eigenvalue weighted by Crippen LogP contribution is -2.11. The number of nitrogen functional groups attached to an aromatic ring is 1. The van der Waals surface area contributed by atoms with Gasteiger partial charge in [0.1, 0.15) is 6.72 Å². The van der Waals surface area contributed by atoms with Crippen LogP contribution in [0.2, 0.25) is 0 Å². The lowest BCUT2D eigenvalue weighted by molar-refractivity contribution is -0.349. The maximum atomic E-state index is 12.1. The number of nitrogens with zero attached hydrogens (tertiary/aromatic N) is 4. The molecule has 3 rings (SSSR count). The predicted molar refractivity (Wildman–Crippen MR) is 105 cm³/mol. The average molecular weight is 378 g/mol. The first-order chi connectivity index (χ1) is 13.4. The Bertz CT molecular complexity index is 1000. The number of nitrogens with one attached hydrogen (secondary N) is 1. The molecule has 0 aliphatic carbocycles. The van der Waals surface area contributed by atoms with Crippen LogP contribution in [-0.2, 0) is 11.3 Å². The average Bonchev–Trinajstić information content (AvgIpc) is 2.67. The van der Waals surface area contributed by atoms with Crippen LogP contribution < -0.4 is 11.1 Å². The van der Waals surface area contributed by atoms with Gasteiger partial charge in [0.25, 0.3) is 0 Å². The Morgan fingerprint density at radius 3 is 2.46 bits per heavy atom. The van der Waals surface area contributed by atoms with E-state index in [9.17, 15) is 10.0 Å². The van der Waals surface area contributed by atoms with Crippen LogP contribution in [0, 0.1) is 12.1 Å². The Morgan fingerprint density at radius 1 is 1.14 bits per heavy atom. The summed E-state index contributed by atoms with van der Waals surface area (Å²) in [6.45, 7) is 5.04. The highest BCUT2D eigenvalue weighted by molar-refractivity contribution is 5.89. The molecule has 0 radical (unpaired) electrons.